The molecule has 0 spiro atoms. The molecule has 42 valence electrons. The van der Waals surface area contributed by atoms with Crippen molar-refractivity contribution in [1.82, 2.24) is 0 Å². The Morgan fingerprint density at radius 1 is 1.43 bits per heavy atom. The number of hydrogen-bond acceptors (Lipinski definition) is 1. The van der Waals surface area contributed by atoms with Crippen LogP contribution in [0.5, 0.6) is 0 Å². The van der Waals surface area contributed by atoms with Gasteiger partial charge in [0.25, 0.3) is 0 Å². The van der Waals surface area contributed by atoms with Gasteiger partial charge in [-0.15, -0.1) is 0 Å². The summed E-state index contributed by atoms with van der Waals surface area (Å²) in [5, 5.41) is 0. The highest BCUT2D eigenvalue weighted by molar-refractivity contribution is 7.98. The van der Waals surface area contributed by atoms with E-state index >= 15 is 0 Å². The van der Waals surface area contributed by atoms with Crippen LogP contribution in [-0.2, 0) is 0 Å². The summed E-state index contributed by atoms with van der Waals surface area (Å²) < 4.78 is 0. The second kappa shape index (κ2) is 6.41. The first-order valence-corrected chi connectivity index (χ1v) is 4.30. The lowest BCUT2D eigenvalue weighted by Gasteiger charge is -1.90. The molecule has 0 atom stereocenters. The summed E-state index contributed by atoms with van der Waals surface area (Å²) in [6, 6.07) is 0. The maximum Gasteiger partial charge on any atom is 0.101 e. The van der Waals surface area contributed by atoms with Crippen LogP contribution in [0.3, 0.4) is 0 Å². The molecule has 0 amide bonds. The Labute approximate surface area is 51.5 Å². The summed E-state index contributed by atoms with van der Waals surface area (Å²) in [6.07, 6.45) is 6.31. The van der Waals surface area contributed by atoms with Crippen molar-refractivity contribution in [2.75, 3.05) is 12.0 Å². The maximum atomic E-state index is 2.24. The average Bonchev–Trinajstić information content (AvgIpc) is 1.69. The van der Waals surface area contributed by atoms with E-state index in [0.717, 1.165) is 0 Å². The lowest BCUT2D eigenvalue weighted by molar-refractivity contribution is 0.895. The highest BCUT2D eigenvalue weighted by Gasteiger charge is 1.80. The van der Waals surface area contributed by atoms with E-state index in [2.05, 4.69) is 14.1 Å². The molecule has 0 heterocycles. The number of thioether (sulfide) groups is 1. The fourth-order valence-corrected chi connectivity index (χ4v) is 0.989. The van der Waals surface area contributed by atoms with Gasteiger partial charge in [0, 0.05) is 0 Å². The Morgan fingerprint density at radius 2 is 2.14 bits per heavy atom. The highest BCUT2D eigenvalue weighted by atomic mass is 32.2. The fourth-order valence-electron chi connectivity index (χ4n) is 0.496. The molecule has 0 aliphatic rings. The van der Waals surface area contributed by atoms with Gasteiger partial charge in [-0.05, 0) is 18.4 Å². The molecular formula is C5H13BS. The zero-order chi connectivity index (χ0) is 5.54. The molecule has 0 aliphatic heterocycles. The number of rotatable bonds is 4. The Kier molecular flexibility index (Phi) is 6.80. The third-order valence-corrected chi connectivity index (χ3v) is 1.65. The zero-order valence-corrected chi connectivity index (χ0v) is 6.05. The topological polar surface area (TPSA) is 0 Å². The van der Waals surface area contributed by atoms with Crippen LogP contribution in [0.15, 0.2) is 0 Å². The van der Waals surface area contributed by atoms with E-state index in [0.29, 0.717) is 0 Å². The fraction of sp³-hybridized carbons (Fsp3) is 1.00. The Morgan fingerprint density at radius 3 is 2.57 bits per heavy atom. The quantitative estimate of drug-likeness (QED) is 0.392. The van der Waals surface area contributed by atoms with Gasteiger partial charge < -0.3 is 0 Å². The predicted octanol–water partition coefficient (Wildman–Crippen LogP) is 1.18. The van der Waals surface area contributed by atoms with Gasteiger partial charge in [-0.25, -0.2) is 0 Å². The van der Waals surface area contributed by atoms with Crippen molar-refractivity contribution in [2.24, 2.45) is 0 Å². The summed E-state index contributed by atoms with van der Waals surface area (Å²) >= 11 is 1.94. The molecule has 0 rings (SSSR count). The summed E-state index contributed by atoms with van der Waals surface area (Å²) in [7, 11) is 2.24. The molecule has 0 aromatic rings. The molecule has 0 bridgehead atoms. The minimum atomic E-state index is 1.34. The van der Waals surface area contributed by atoms with Crippen molar-refractivity contribution in [3.8, 4) is 0 Å². The van der Waals surface area contributed by atoms with Crippen molar-refractivity contribution in [3.63, 3.8) is 0 Å². The van der Waals surface area contributed by atoms with Crippen LogP contribution in [0.1, 0.15) is 12.8 Å². The van der Waals surface area contributed by atoms with Gasteiger partial charge in [0.1, 0.15) is 7.85 Å². The average molecular weight is 116 g/mol. The number of unbranched alkanes of at least 4 members (excludes halogenated alkanes) is 1. The van der Waals surface area contributed by atoms with E-state index in [1.807, 2.05) is 11.8 Å². The molecule has 0 saturated heterocycles. The van der Waals surface area contributed by atoms with Crippen molar-refractivity contribution in [3.05, 3.63) is 0 Å². The molecule has 0 radical (unpaired) electrons. The molecular weight excluding hydrogens is 103 g/mol. The largest absolute Gasteiger partial charge is 0.165 e. The third-order valence-electron chi connectivity index (χ3n) is 0.952. The molecule has 2 heteroatoms. The van der Waals surface area contributed by atoms with Crippen molar-refractivity contribution in [1.29, 1.82) is 0 Å². The summed E-state index contributed by atoms with van der Waals surface area (Å²) in [5.41, 5.74) is 0. The molecule has 7 heavy (non-hydrogen) atoms. The van der Waals surface area contributed by atoms with Gasteiger partial charge in [-0.1, -0.05) is 12.7 Å². The van der Waals surface area contributed by atoms with Crippen LogP contribution in [0.4, 0.5) is 0 Å². The van der Waals surface area contributed by atoms with Crippen LogP contribution in [0.2, 0.25) is 6.32 Å². The molecule has 0 fully saturated rings. The molecule has 0 saturated carbocycles. The molecule has 0 unspecified atom stereocenters. The normalized spacial score (nSPS) is 9.29. The van der Waals surface area contributed by atoms with Crippen molar-refractivity contribution >= 4 is 19.6 Å². The van der Waals surface area contributed by atoms with Gasteiger partial charge >= 0.3 is 0 Å². The minimum absolute atomic E-state index is 1.34. The minimum Gasteiger partial charge on any atom is -0.165 e. The molecule has 0 N–H and O–H groups in total. The molecule has 0 aromatic heterocycles. The smallest absolute Gasteiger partial charge is 0.101 e. The standard InChI is InChI=1S/C5H13BS/c1-7-5-3-2-4-6/h2-6H2,1H3. The van der Waals surface area contributed by atoms with Crippen LogP contribution in [-0.4, -0.2) is 19.9 Å². The van der Waals surface area contributed by atoms with Crippen LogP contribution in [0, 0.1) is 0 Å². The first kappa shape index (κ1) is 7.41. The third kappa shape index (κ3) is 6.41. The van der Waals surface area contributed by atoms with E-state index in [9.17, 15) is 0 Å². The Balaban J connectivity index is 2.45. The highest BCUT2D eigenvalue weighted by Crippen LogP contribution is 1.99. The van der Waals surface area contributed by atoms with Gasteiger partial charge in [0.05, 0.1) is 0 Å². The van der Waals surface area contributed by atoms with E-state index in [-0.39, 0.29) is 0 Å². The first-order chi connectivity index (χ1) is 3.41. The van der Waals surface area contributed by atoms with Crippen molar-refractivity contribution < 1.29 is 0 Å². The number of hydrogen-bond donors (Lipinski definition) is 0. The predicted molar refractivity (Wildman–Crippen MR) is 41.0 cm³/mol. The monoisotopic (exact) mass is 116 g/mol. The zero-order valence-electron chi connectivity index (χ0n) is 5.24. The van der Waals surface area contributed by atoms with E-state index < -0.39 is 0 Å². The molecule has 0 aromatic carbocycles. The van der Waals surface area contributed by atoms with E-state index in [4.69, 9.17) is 0 Å². The summed E-state index contributed by atoms with van der Waals surface area (Å²) in [4.78, 5) is 0. The van der Waals surface area contributed by atoms with Gasteiger partial charge in [0.2, 0.25) is 0 Å². The van der Waals surface area contributed by atoms with Gasteiger partial charge in [0.15, 0.2) is 0 Å². The molecule has 0 aliphatic carbocycles. The van der Waals surface area contributed by atoms with Crippen LogP contribution >= 0.6 is 11.8 Å². The lowest BCUT2D eigenvalue weighted by Crippen LogP contribution is -1.76. The second-order valence-electron chi connectivity index (χ2n) is 1.70. The van der Waals surface area contributed by atoms with Crippen molar-refractivity contribution in [2.45, 2.75) is 19.2 Å². The Hall–Kier alpha value is 0.415. The lowest BCUT2D eigenvalue weighted by atomic mass is 10.0. The second-order valence-corrected chi connectivity index (χ2v) is 2.69. The van der Waals surface area contributed by atoms with E-state index in [1.165, 1.54) is 24.9 Å². The molecule has 0 nitrogen and oxygen atoms in total. The summed E-state index contributed by atoms with van der Waals surface area (Å²) in [5.74, 6) is 1.34. The van der Waals surface area contributed by atoms with Gasteiger partial charge in [-0.3, -0.25) is 0 Å². The SMILES string of the molecule is BCCCCSC. The van der Waals surface area contributed by atoms with Gasteiger partial charge in [-0.2, -0.15) is 11.8 Å². The van der Waals surface area contributed by atoms with E-state index in [1.54, 1.807) is 0 Å². The maximum absolute atomic E-state index is 2.24. The first-order valence-electron chi connectivity index (χ1n) is 2.90. The summed E-state index contributed by atoms with van der Waals surface area (Å²) in [6.45, 7) is 0. The van der Waals surface area contributed by atoms with Crippen LogP contribution < -0.4 is 0 Å². The van der Waals surface area contributed by atoms with Crippen LogP contribution in [0.25, 0.3) is 0 Å². The Bertz CT molecular complexity index is 27.3.